The van der Waals surface area contributed by atoms with Crippen molar-refractivity contribution in [3.8, 4) is 0 Å². The van der Waals surface area contributed by atoms with Gasteiger partial charge in [0, 0.05) is 12.1 Å². The van der Waals surface area contributed by atoms with Crippen LogP contribution in [-0.4, -0.2) is 63.4 Å². The molecule has 2 N–H and O–H groups in total. The molecule has 0 atom stereocenters. The molecule has 0 aromatic rings. The molecule has 1 fully saturated rings. The molecule has 0 radical (unpaired) electrons. The van der Waals surface area contributed by atoms with Gasteiger partial charge in [-0.25, -0.2) is 13.1 Å². The van der Waals surface area contributed by atoms with Crippen LogP contribution in [0, 0.1) is 5.92 Å². The third-order valence-electron chi connectivity index (χ3n) is 3.61. The van der Waals surface area contributed by atoms with Crippen molar-refractivity contribution in [2.75, 3.05) is 32.4 Å². The van der Waals surface area contributed by atoms with Crippen molar-refractivity contribution in [3.63, 3.8) is 0 Å². The Morgan fingerprint density at radius 3 is 2.17 bits per heavy atom. The average molecular weight is 359 g/mol. The molecule has 1 saturated heterocycles. The molecule has 0 bridgehead atoms. The first-order chi connectivity index (χ1) is 10.3. The number of hydrogen-bond acceptors (Lipinski definition) is 4. The third-order valence-corrected chi connectivity index (χ3v) is 4.53. The summed E-state index contributed by atoms with van der Waals surface area (Å²) in [5, 5.41) is 2.60. The van der Waals surface area contributed by atoms with Gasteiger partial charge in [0.05, 0.1) is 18.7 Å². The maximum Gasteiger partial charge on any atom is 0.391 e. The molecule has 23 heavy (non-hydrogen) atoms. The van der Waals surface area contributed by atoms with E-state index in [0.717, 1.165) is 6.26 Å². The Balaban J connectivity index is 2.36. The van der Waals surface area contributed by atoms with Gasteiger partial charge in [0.25, 0.3) is 0 Å². The zero-order chi connectivity index (χ0) is 17.9. The van der Waals surface area contributed by atoms with Crippen molar-refractivity contribution in [1.82, 2.24) is 14.9 Å². The molecule has 6 nitrogen and oxygen atoms in total. The Morgan fingerprint density at radius 1 is 1.22 bits per heavy atom. The number of rotatable bonds is 6. The number of nitrogens with one attached hydrogen (secondary N) is 2. The fourth-order valence-electron chi connectivity index (χ4n) is 2.53. The van der Waals surface area contributed by atoms with Crippen LogP contribution in [0.3, 0.4) is 0 Å². The largest absolute Gasteiger partial charge is 0.391 e. The van der Waals surface area contributed by atoms with E-state index < -0.39 is 27.7 Å². The first-order valence-electron chi connectivity index (χ1n) is 7.33. The minimum absolute atomic E-state index is 0.00208. The van der Waals surface area contributed by atoms with Crippen LogP contribution < -0.4 is 10.0 Å². The van der Waals surface area contributed by atoms with Gasteiger partial charge >= 0.3 is 6.18 Å². The first kappa shape index (κ1) is 20.2. The molecule has 1 aliphatic rings. The zero-order valence-corrected chi connectivity index (χ0v) is 14.4. The number of alkyl halides is 3. The molecule has 1 heterocycles. The number of carbonyl (C=O) groups is 1. The van der Waals surface area contributed by atoms with E-state index in [1.807, 2.05) is 0 Å². The van der Waals surface area contributed by atoms with E-state index in [4.69, 9.17) is 0 Å². The highest BCUT2D eigenvalue weighted by Gasteiger charge is 2.41. The number of nitrogens with zero attached hydrogens (tertiary/aromatic N) is 1. The van der Waals surface area contributed by atoms with Crippen molar-refractivity contribution in [3.05, 3.63) is 0 Å². The highest BCUT2D eigenvalue weighted by atomic mass is 32.2. The molecule has 1 rings (SSSR count). The van der Waals surface area contributed by atoms with Crippen LogP contribution in [0.5, 0.6) is 0 Å². The summed E-state index contributed by atoms with van der Waals surface area (Å²) >= 11 is 0. The lowest BCUT2D eigenvalue weighted by Crippen LogP contribution is -2.52. The van der Waals surface area contributed by atoms with Crippen molar-refractivity contribution >= 4 is 15.9 Å². The zero-order valence-electron chi connectivity index (χ0n) is 13.5. The van der Waals surface area contributed by atoms with Crippen LogP contribution in [0.25, 0.3) is 0 Å². The van der Waals surface area contributed by atoms with Crippen molar-refractivity contribution in [2.45, 2.75) is 38.4 Å². The van der Waals surface area contributed by atoms with Crippen molar-refractivity contribution in [2.24, 2.45) is 5.92 Å². The minimum Gasteiger partial charge on any atom is -0.353 e. The van der Waals surface area contributed by atoms with Gasteiger partial charge in [-0.1, -0.05) is 0 Å². The van der Waals surface area contributed by atoms with Gasteiger partial charge in [0.15, 0.2) is 0 Å². The Bertz CT molecular complexity index is 512. The summed E-state index contributed by atoms with van der Waals surface area (Å²) in [4.78, 5) is 13.5. The van der Waals surface area contributed by atoms with Crippen LogP contribution >= 0.6 is 0 Å². The second-order valence-electron chi connectivity index (χ2n) is 6.63. The molecule has 0 aromatic carbocycles. The van der Waals surface area contributed by atoms with Crippen molar-refractivity contribution in [1.29, 1.82) is 0 Å². The van der Waals surface area contributed by atoms with Gasteiger partial charge in [-0.3, -0.25) is 9.69 Å². The van der Waals surface area contributed by atoms with E-state index >= 15 is 0 Å². The van der Waals surface area contributed by atoms with Gasteiger partial charge in [-0.2, -0.15) is 13.2 Å². The molecule has 1 amide bonds. The van der Waals surface area contributed by atoms with E-state index in [0.29, 0.717) is 0 Å². The number of hydrogen-bond donors (Lipinski definition) is 2. The lowest BCUT2D eigenvalue weighted by Gasteiger charge is -2.32. The summed E-state index contributed by atoms with van der Waals surface area (Å²) in [5.74, 6) is -1.63. The average Bonchev–Trinajstić information content (AvgIpc) is 2.33. The van der Waals surface area contributed by atoms with Gasteiger partial charge < -0.3 is 5.32 Å². The molecule has 10 heteroatoms. The third kappa shape index (κ3) is 7.98. The molecule has 1 aliphatic heterocycles. The summed E-state index contributed by atoms with van der Waals surface area (Å²) in [5.41, 5.74) is -0.841. The summed E-state index contributed by atoms with van der Waals surface area (Å²) < 4.78 is 62.5. The van der Waals surface area contributed by atoms with Crippen LogP contribution in [0.2, 0.25) is 0 Å². The highest BCUT2D eigenvalue weighted by Crippen LogP contribution is 2.33. The van der Waals surface area contributed by atoms with Gasteiger partial charge in [0.1, 0.15) is 0 Å². The van der Waals surface area contributed by atoms with Gasteiger partial charge in [-0.05, 0) is 39.8 Å². The Kier molecular flexibility index (Phi) is 6.45. The predicted molar refractivity (Wildman–Crippen MR) is 80.3 cm³/mol. The normalized spacial score (nSPS) is 18.9. The second-order valence-corrected chi connectivity index (χ2v) is 8.38. The lowest BCUT2D eigenvalue weighted by molar-refractivity contribution is -0.185. The van der Waals surface area contributed by atoms with Gasteiger partial charge in [-0.15, -0.1) is 0 Å². The van der Waals surface area contributed by atoms with Crippen LogP contribution in [-0.2, 0) is 14.8 Å². The highest BCUT2D eigenvalue weighted by molar-refractivity contribution is 7.88. The van der Waals surface area contributed by atoms with Crippen molar-refractivity contribution < 1.29 is 26.4 Å². The Labute approximate surface area is 134 Å². The summed E-state index contributed by atoms with van der Waals surface area (Å²) in [6.07, 6.45) is -3.15. The summed E-state index contributed by atoms with van der Waals surface area (Å²) in [7, 11) is -3.40. The lowest BCUT2D eigenvalue weighted by atomic mass is 9.96. The first-order valence-corrected chi connectivity index (χ1v) is 9.22. The second kappa shape index (κ2) is 7.35. The van der Waals surface area contributed by atoms with Gasteiger partial charge in [0.2, 0.25) is 15.9 Å². The molecule has 0 aliphatic carbocycles. The number of sulfonamides is 1. The number of piperidine rings is 1. The standard InChI is InChI=1S/C13H24F3N3O3S/c1-12(2,18-23(3,21)22)9-17-11(20)8-19-6-4-10(5-7-19)13(14,15)16/h10,18H,4-9H2,1-3H3,(H,17,20). The number of amides is 1. The smallest absolute Gasteiger partial charge is 0.353 e. The topological polar surface area (TPSA) is 78.5 Å². The van der Waals surface area contributed by atoms with E-state index in [2.05, 4.69) is 10.0 Å². The Hall–Kier alpha value is -0.870. The fraction of sp³-hybridized carbons (Fsp3) is 0.923. The number of halogens is 3. The molecule has 0 unspecified atom stereocenters. The predicted octanol–water partition coefficient (Wildman–Crippen LogP) is 0.705. The van der Waals surface area contributed by atoms with E-state index in [1.165, 1.54) is 0 Å². The maximum absolute atomic E-state index is 12.6. The molecule has 0 aromatic heterocycles. The minimum atomic E-state index is -4.17. The summed E-state index contributed by atoms with van der Waals surface area (Å²) in [6.45, 7) is 3.81. The number of likely N-dealkylation sites (tertiary alicyclic amines) is 1. The molecule has 136 valence electrons. The van der Waals surface area contributed by atoms with E-state index in [-0.39, 0.29) is 44.9 Å². The fourth-order valence-corrected chi connectivity index (χ4v) is 3.61. The van der Waals surface area contributed by atoms with Crippen LogP contribution in [0.15, 0.2) is 0 Å². The Morgan fingerprint density at radius 2 is 1.74 bits per heavy atom. The molecular formula is C13H24F3N3O3S. The maximum atomic E-state index is 12.6. The SMILES string of the molecule is CC(C)(CNC(=O)CN1CCC(C(F)(F)F)CC1)NS(C)(=O)=O. The van der Waals surface area contributed by atoms with Crippen LogP contribution in [0.4, 0.5) is 13.2 Å². The van der Waals surface area contributed by atoms with E-state index in [1.54, 1.807) is 18.7 Å². The quantitative estimate of drug-likeness (QED) is 0.732. The van der Waals surface area contributed by atoms with E-state index in [9.17, 15) is 26.4 Å². The van der Waals surface area contributed by atoms with Crippen LogP contribution in [0.1, 0.15) is 26.7 Å². The summed E-state index contributed by atoms with van der Waals surface area (Å²) in [6, 6.07) is 0. The molecule has 0 spiro atoms. The molecular weight excluding hydrogens is 335 g/mol. The number of carbonyl (C=O) groups excluding carboxylic acids is 1. The molecule has 0 saturated carbocycles. The monoisotopic (exact) mass is 359 g/mol.